The summed E-state index contributed by atoms with van der Waals surface area (Å²) in [5.74, 6) is 0.0601. The largest absolute Gasteiger partial charge is 0.357 e. The Hall–Kier alpha value is -1.26. The van der Waals surface area contributed by atoms with Crippen LogP contribution >= 0.6 is 11.8 Å². The van der Waals surface area contributed by atoms with Crippen molar-refractivity contribution in [3.8, 4) is 0 Å². The van der Waals surface area contributed by atoms with Gasteiger partial charge in [0.1, 0.15) is 6.23 Å². The predicted octanol–water partition coefficient (Wildman–Crippen LogP) is 2.50. The molecule has 18 heavy (non-hydrogen) atoms. The number of thioether (sulfide) groups is 1. The molecule has 3 rings (SSSR count). The molecule has 2 fully saturated rings. The predicted molar refractivity (Wildman–Crippen MR) is 72.4 cm³/mol. The van der Waals surface area contributed by atoms with Crippen molar-refractivity contribution in [2.45, 2.75) is 17.9 Å². The van der Waals surface area contributed by atoms with Crippen LogP contribution in [0.15, 0.2) is 41.4 Å². The lowest BCUT2D eigenvalue weighted by Crippen LogP contribution is -2.28. The fourth-order valence-corrected chi connectivity index (χ4v) is 3.68. The average molecular weight is 261 g/mol. The molecule has 2 saturated heterocycles. The highest BCUT2D eigenvalue weighted by Gasteiger charge is 2.40. The van der Waals surface area contributed by atoms with Gasteiger partial charge < -0.3 is 9.64 Å². The first-order valence-electron chi connectivity index (χ1n) is 6.08. The highest BCUT2D eigenvalue weighted by Crippen LogP contribution is 2.43. The number of fused-ring (bicyclic) bond motifs is 1. The van der Waals surface area contributed by atoms with E-state index in [1.807, 2.05) is 37.4 Å². The number of hydrogen-bond donors (Lipinski definition) is 0. The number of carbonyl (C=O) groups excluding carboxylic acids is 1. The quantitative estimate of drug-likeness (QED) is 0.604. The zero-order valence-electron chi connectivity index (χ0n) is 10.2. The molecular weight excluding hydrogens is 246 g/mol. The van der Waals surface area contributed by atoms with E-state index >= 15 is 0 Å². The van der Waals surface area contributed by atoms with Gasteiger partial charge in [-0.05, 0) is 6.42 Å². The Labute approximate surface area is 111 Å². The summed E-state index contributed by atoms with van der Waals surface area (Å²) in [6.07, 6.45) is 2.93. The third-order valence-electron chi connectivity index (χ3n) is 3.32. The third-order valence-corrected chi connectivity index (χ3v) is 4.74. The SMILES string of the molecule is CN1/C(=C/C(=O)c2ccccc2)S[C@H]2CCO[C@H]21. The van der Waals surface area contributed by atoms with Crippen LogP contribution in [0, 0.1) is 0 Å². The van der Waals surface area contributed by atoms with Gasteiger partial charge in [0.2, 0.25) is 0 Å². The second-order valence-electron chi connectivity index (χ2n) is 4.53. The maximum Gasteiger partial charge on any atom is 0.188 e. The molecule has 0 bridgehead atoms. The highest BCUT2D eigenvalue weighted by atomic mass is 32.2. The van der Waals surface area contributed by atoms with Crippen molar-refractivity contribution in [3.05, 3.63) is 47.0 Å². The lowest BCUT2D eigenvalue weighted by Gasteiger charge is -2.19. The number of nitrogens with zero attached hydrogens (tertiary/aromatic N) is 1. The van der Waals surface area contributed by atoms with E-state index in [0.717, 1.165) is 23.6 Å². The molecule has 1 aromatic rings. The zero-order valence-corrected chi connectivity index (χ0v) is 11.0. The minimum absolute atomic E-state index is 0.0601. The molecule has 2 aliphatic heterocycles. The number of ketones is 1. The second kappa shape index (κ2) is 4.78. The summed E-state index contributed by atoms with van der Waals surface area (Å²) in [4.78, 5) is 14.2. The van der Waals surface area contributed by atoms with Gasteiger partial charge in [-0.15, -0.1) is 11.8 Å². The lowest BCUT2D eigenvalue weighted by molar-refractivity contribution is 0.0270. The molecule has 0 unspecified atom stereocenters. The van der Waals surface area contributed by atoms with Gasteiger partial charge in [0, 0.05) is 18.7 Å². The molecule has 0 N–H and O–H groups in total. The van der Waals surface area contributed by atoms with E-state index in [1.54, 1.807) is 17.8 Å². The van der Waals surface area contributed by atoms with E-state index in [0.29, 0.717) is 5.25 Å². The average Bonchev–Trinajstić information content (AvgIpc) is 2.95. The lowest BCUT2D eigenvalue weighted by atomic mass is 10.1. The molecule has 1 aromatic carbocycles. The maximum absolute atomic E-state index is 12.1. The number of benzene rings is 1. The Kier molecular flexibility index (Phi) is 3.14. The number of rotatable bonds is 2. The fraction of sp³-hybridized carbons (Fsp3) is 0.357. The summed E-state index contributed by atoms with van der Waals surface area (Å²) in [5.41, 5.74) is 0.733. The van der Waals surface area contributed by atoms with Gasteiger partial charge in [0.25, 0.3) is 0 Å². The Balaban J connectivity index is 1.79. The van der Waals surface area contributed by atoms with E-state index in [1.165, 1.54) is 0 Å². The van der Waals surface area contributed by atoms with E-state index < -0.39 is 0 Å². The van der Waals surface area contributed by atoms with Crippen molar-refractivity contribution in [3.63, 3.8) is 0 Å². The number of allylic oxidation sites excluding steroid dienone is 1. The van der Waals surface area contributed by atoms with Crippen molar-refractivity contribution in [1.29, 1.82) is 0 Å². The summed E-state index contributed by atoms with van der Waals surface area (Å²) in [5, 5.41) is 1.49. The molecule has 2 aliphatic rings. The van der Waals surface area contributed by atoms with Crippen LogP contribution in [0.5, 0.6) is 0 Å². The Morgan fingerprint density at radius 2 is 2.22 bits per heavy atom. The Morgan fingerprint density at radius 1 is 1.44 bits per heavy atom. The van der Waals surface area contributed by atoms with Crippen LogP contribution in [0.4, 0.5) is 0 Å². The molecule has 3 nitrogen and oxygen atoms in total. The standard InChI is InChI=1S/C14H15NO2S/c1-15-13(18-12-7-8-17-14(12)15)9-11(16)10-5-3-2-4-6-10/h2-6,9,12,14H,7-8H2,1H3/b13-9-/t12-,14+/m0/s1. The molecule has 2 heterocycles. The molecular formula is C14H15NO2S. The van der Waals surface area contributed by atoms with E-state index in [2.05, 4.69) is 4.90 Å². The molecule has 4 heteroatoms. The number of carbonyl (C=O) groups is 1. The molecule has 94 valence electrons. The van der Waals surface area contributed by atoms with Gasteiger partial charge in [0.15, 0.2) is 5.78 Å². The minimum Gasteiger partial charge on any atom is -0.357 e. The van der Waals surface area contributed by atoms with Gasteiger partial charge in [-0.2, -0.15) is 0 Å². The van der Waals surface area contributed by atoms with Crippen LogP contribution in [-0.2, 0) is 4.74 Å². The van der Waals surface area contributed by atoms with Crippen LogP contribution < -0.4 is 0 Å². The van der Waals surface area contributed by atoms with Crippen molar-refractivity contribution in [2.24, 2.45) is 0 Å². The van der Waals surface area contributed by atoms with Crippen LogP contribution in [0.3, 0.4) is 0 Å². The van der Waals surface area contributed by atoms with Crippen LogP contribution in [0.2, 0.25) is 0 Å². The summed E-state index contributed by atoms with van der Waals surface area (Å²) in [6, 6.07) is 9.37. The fourth-order valence-electron chi connectivity index (χ4n) is 2.33. The van der Waals surface area contributed by atoms with Gasteiger partial charge in [-0.1, -0.05) is 30.3 Å². The molecule has 0 aliphatic carbocycles. The van der Waals surface area contributed by atoms with E-state index in [4.69, 9.17) is 4.74 Å². The van der Waals surface area contributed by atoms with Crippen molar-refractivity contribution >= 4 is 17.5 Å². The second-order valence-corrected chi connectivity index (χ2v) is 5.79. The normalized spacial score (nSPS) is 28.7. The number of hydrogen-bond acceptors (Lipinski definition) is 4. The minimum atomic E-state index is 0.0601. The first-order valence-corrected chi connectivity index (χ1v) is 6.96. The third kappa shape index (κ3) is 2.06. The van der Waals surface area contributed by atoms with E-state index in [-0.39, 0.29) is 12.0 Å². The van der Waals surface area contributed by atoms with Gasteiger partial charge >= 0.3 is 0 Å². The molecule has 0 spiro atoms. The summed E-state index contributed by atoms with van der Waals surface area (Å²) >= 11 is 1.75. The van der Waals surface area contributed by atoms with Gasteiger partial charge in [-0.25, -0.2) is 0 Å². The van der Waals surface area contributed by atoms with Crippen molar-refractivity contribution in [2.75, 3.05) is 13.7 Å². The first kappa shape index (κ1) is 11.8. The smallest absolute Gasteiger partial charge is 0.188 e. The summed E-state index contributed by atoms with van der Waals surface area (Å²) < 4.78 is 5.66. The first-order chi connectivity index (χ1) is 8.75. The molecule has 0 saturated carbocycles. The monoisotopic (exact) mass is 261 g/mol. The van der Waals surface area contributed by atoms with Crippen molar-refractivity contribution in [1.82, 2.24) is 4.90 Å². The van der Waals surface area contributed by atoms with Gasteiger partial charge in [0.05, 0.1) is 16.9 Å². The van der Waals surface area contributed by atoms with Crippen LogP contribution in [-0.4, -0.2) is 35.8 Å². The van der Waals surface area contributed by atoms with Crippen molar-refractivity contribution < 1.29 is 9.53 Å². The summed E-state index contributed by atoms with van der Waals surface area (Å²) in [7, 11) is 1.99. The number of ether oxygens (including phenoxy) is 1. The highest BCUT2D eigenvalue weighted by molar-refractivity contribution is 8.03. The molecule has 0 amide bonds. The molecule has 0 aromatic heterocycles. The maximum atomic E-state index is 12.1. The molecule has 0 radical (unpaired) electrons. The van der Waals surface area contributed by atoms with Gasteiger partial charge in [-0.3, -0.25) is 4.79 Å². The Morgan fingerprint density at radius 3 is 2.94 bits per heavy atom. The van der Waals surface area contributed by atoms with Crippen LogP contribution in [0.25, 0.3) is 0 Å². The van der Waals surface area contributed by atoms with E-state index in [9.17, 15) is 4.79 Å². The topological polar surface area (TPSA) is 29.5 Å². The van der Waals surface area contributed by atoms with Crippen LogP contribution in [0.1, 0.15) is 16.8 Å². The Bertz CT molecular complexity index is 486. The zero-order chi connectivity index (χ0) is 12.5. The summed E-state index contributed by atoms with van der Waals surface area (Å²) in [6.45, 7) is 0.826. The molecule has 2 atom stereocenters.